The Morgan fingerprint density at radius 2 is 2.11 bits per heavy atom. The van der Waals surface area contributed by atoms with Crippen LogP contribution in [-0.2, 0) is 9.59 Å². The number of carboxylic acids is 1. The number of carboxylic acid groups (broad SMARTS) is 1. The van der Waals surface area contributed by atoms with Gasteiger partial charge in [0.2, 0.25) is 5.91 Å². The number of unbranched alkanes of at least 4 members (excludes halogenated alkanes) is 1. The molecule has 7 heteroatoms. The Morgan fingerprint density at radius 1 is 1.42 bits per heavy atom. The van der Waals surface area contributed by atoms with Crippen molar-refractivity contribution in [3.63, 3.8) is 0 Å². The second-order valence-corrected chi connectivity index (χ2v) is 5.05. The molecule has 19 heavy (non-hydrogen) atoms. The van der Waals surface area contributed by atoms with Gasteiger partial charge in [-0.2, -0.15) is 0 Å². The van der Waals surface area contributed by atoms with Crippen molar-refractivity contribution in [3.8, 4) is 0 Å². The van der Waals surface area contributed by atoms with E-state index in [2.05, 4.69) is 10.6 Å². The van der Waals surface area contributed by atoms with Crippen molar-refractivity contribution >= 4 is 17.9 Å². The fourth-order valence-corrected chi connectivity index (χ4v) is 1.95. The van der Waals surface area contributed by atoms with Gasteiger partial charge in [0, 0.05) is 26.1 Å². The lowest BCUT2D eigenvalue weighted by Crippen LogP contribution is -2.65. The molecule has 7 nitrogen and oxygen atoms in total. The molecule has 0 unspecified atom stereocenters. The SMILES string of the molecule is CC1(C)C(=O)NCCN1C(=O)NCCCCC(=O)O. The van der Waals surface area contributed by atoms with Gasteiger partial charge in [0.25, 0.3) is 0 Å². The molecule has 0 aromatic carbocycles. The van der Waals surface area contributed by atoms with Crippen LogP contribution in [0.15, 0.2) is 0 Å². The average Bonchev–Trinajstić information content (AvgIpc) is 2.31. The van der Waals surface area contributed by atoms with Gasteiger partial charge in [-0.05, 0) is 26.7 Å². The highest BCUT2D eigenvalue weighted by molar-refractivity contribution is 5.91. The minimum atomic E-state index is -0.858. The summed E-state index contributed by atoms with van der Waals surface area (Å²) >= 11 is 0. The van der Waals surface area contributed by atoms with E-state index in [1.54, 1.807) is 13.8 Å². The first-order valence-corrected chi connectivity index (χ1v) is 6.41. The maximum atomic E-state index is 12.0. The number of hydrogen-bond acceptors (Lipinski definition) is 3. The van der Waals surface area contributed by atoms with E-state index < -0.39 is 11.5 Å². The van der Waals surface area contributed by atoms with Crippen molar-refractivity contribution in [1.82, 2.24) is 15.5 Å². The third kappa shape index (κ3) is 4.11. The highest BCUT2D eigenvalue weighted by Gasteiger charge is 2.40. The van der Waals surface area contributed by atoms with E-state index >= 15 is 0 Å². The van der Waals surface area contributed by atoms with Crippen LogP contribution in [0.1, 0.15) is 33.1 Å². The number of hydrogen-bond donors (Lipinski definition) is 3. The number of nitrogens with zero attached hydrogens (tertiary/aromatic N) is 1. The molecule has 0 aromatic rings. The predicted octanol–water partition coefficient (Wildman–Crippen LogP) is 0.161. The standard InChI is InChI=1S/C12H21N3O4/c1-12(2)10(18)13-7-8-15(12)11(19)14-6-4-3-5-9(16)17/h3-8H2,1-2H3,(H,13,18)(H,14,19)(H,16,17). The predicted molar refractivity (Wildman–Crippen MR) is 68.7 cm³/mol. The normalized spacial score (nSPS) is 17.8. The topological polar surface area (TPSA) is 98.7 Å². The van der Waals surface area contributed by atoms with Crippen LogP contribution in [0.4, 0.5) is 4.79 Å². The van der Waals surface area contributed by atoms with Crippen LogP contribution in [0.25, 0.3) is 0 Å². The van der Waals surface area contributed by atoms with Gasteiger partial charge in [-0.1, -0.05) is 0 Å². The van der Waals surface area contributed by atoms with Crippen LogP contribution in [0.5, 0.6) is 0 Å². The summed E-state index contributed by atoms with van der Waals surface area (Å²) in [7, 11) is 0. The molecule has 0 atom stereocenters. The molecule has 0 aromatic heterocycles. The van der Waals surface area contributed by atoms with Crippen molar-refractivity contribution in [3.05, 3.63) is 0 Å². The fourth-order valence-electron chi connectivity index (χ4n) is 1.95. The summed E-state index contributed by atoms with van der Waals surface area (Å²) in [6, 6.07) is -0.282. The number of carbonyl (C=O) groups is 3. The third-order valence-corrected chi connectivity index (χ3v) is 3.19. The highest BCUT2D eigenvalue weighted by Crippen LogP contribution is 2.17. The zero-order valence-electron chi connectivity index (χ0n) is 11.4. The minimum Gasteiger partial charge on any atom is -0.481 e. The molecule has 1 rings (SSSR count). The van der Waals surface area contributed by atoms with E-state index in [1.165, 1.54) is 4.90 Å². The van der Waals surface area contributed by atoms with Crippen molar-refractivity contribution in [1.29, 1.82) is 0 Å². The number of nitrogens with one attached hydrogen (secondary N) is 2. The van der Waals surface area contributed by atoms with E-state index in [1.807, 2.05) is 0 Å². The Labute approximate surface area is 112 Å². The summed E-state index contributed by atoms with van der Waals surface area (Å²) < 4.78 is 0. The molecule has 1 aliphatic heterocycles. The Balaban J connectivity index is 2.36. The smallest absolute Gasteiger partial charge is 0.318 e. The Kier molecular flexibility index (Phi) is 5.14. The number of rotatable bonds is 5. The second-order valence-electron chi connectivity index (χ2n) is 5.05. The van der Waals surface area contributed by atoms with Crippen LogP contribution in [0.3, 0.4) is 0 Å². The van der Waals surface area contributed by atoms with E-state index in [-0.39, 0.29) is 18.4 Å². The lowest BCUT2D eigenvalue weighted by Gasteiger charge is -2.40. The quantitative estimate of drug-likeness (QED) is 0.620. The molecule has 0 aliphatic carbocycles. The molecule has 1 fully saturated rings. The van der Waals surface area contributed by atoms with Gasteiger partial charge in [0.15, 0.2) is 0 Å². The number of piperazine rings is 1. The summed E-state index contributed by atoms with van der Waals surface area (Å²) in [6.07, 6.45) is 1.24. The number of aliphatic carboxylic acids is 1. The highest BCUT2D eigenvalue weighted by atomic mass is 16.4. The molecule has 1 saturated heterocycles. The monoisotopic (exact) mass is 271 g/mol. The van der Waals surface area contributed by atoms with Crippen LogP contribution < -0.4 is 10.6 Å². The zero-order chi connectivity index (χ0) is 14.5. The maximum absolute atomic E-state index is 12.0. The average molecular weight is 271 g/mol. The van der Waals surface area contributed by atoms with Crippen molar-refractivity contribution in [2.75, 3.05) is 19.6 Å². The second kappa shape index (κ2) is 6.40. The summed E-state index contributed by atoms with van der Waals surface area (Å²) in [6.45, 7) is 4.74. The minimum absolute atomic E-state index is 0.105. The van der Waals surface area contributed by atoms with Gasteiger partial charge in [-0.25, -0.2) is 4.79 Å². The molecule has 0 saturated carbocycles. The largest absolute Gasteiger partial charge is 0.481 e. The number of amides is 3. The van der Waals surface area contributed by atoms with E-state index in [9.17, 15) is 14.4 Å². The third-order valence-electron chi connectivity index (χ3n) is 3.19. The van der Waals surface area contributed by atoms with Gasteiger partial charge in [-0.3, -0.25) is 9.59 Å². The first-order chi connectivity index (χ1) is 8.85. The zero-order valence-corrected chi connectivity index (χ0v) is 11.4. The van der Waals surface area contributed by atoms with Crippen molar-refractivity contribution in [2.45, 2.75) is 38.6 Å². The maximum Gasteiger partial charge on any atom is 0.318 e. The van der Waals surface area contributed by atoms with Crippen molar-refractivity contribution < 1.29 is 19.5 Å². The van der Waals surface area contributed by atoms with Gasteiger partial charge in [-0.15, -0.1) is 0 Å². The Morgan fingerprint density at radius 3 is 2.74 bits per heavy atom. The number of urea groups is 1. The summed E-state index contributed by atoms with van der Waals surface area (Å²) in [5, 5.41) is 13.9. The lowest BCUT2D eigenvalue weighted by atomic mass is 9.99. The van der Waals surface area contributed by atoms with E-state index in [4.69, 9.17) is 5.11 Å². The van der Waals surface area contributed by atoms with E-state index in [0.29, 0.717) is 32.5 Å². The van der Waals surface area contributed by atoms with Crippen LogP contribution in [0, 0.1) is 0 Å². The molecule has 0 radical (unpaired) electrons. The number of carbonyl (C=O) groups excluding carboxylic acids is 2. The first-order valence-electron chi connectivity index (χ1n) is 6.41. The summed E-state index contributed by atoms with van der Waals surface area (Å²) in [5.74, 6) is -1.00. The van der Waals surface area contributed by atoms with Crippen LogP contribution >= 0.6 is 0 Å². The van der Waals surface area contributed by atoms with Gasteiger partial charge in [0.1, 0.15) is 5.54 Å². The summed E-state index contributed by atoms with van der Waals surface area (Å²) in [5.41, 5.74) is -0.858. The lowest BCUT2D eigenvalue weighted by molar-refractivity contribution is -0.137. The van der Waals surface area contributed by atoms with Gasteiger partial charge >= 0.3 is 12.0 Å². The van der Waals surface area contributed by atoms with Crippen molar-refractivity contribution in [2.24, 2.45) is 0 Å². The molecular formula is C12H21N3O4. The summed E-state index contributed by atoms with van der Waals surface area (Å²) in [4.78, 5) is 35.5. The van der Waals surface area contributed by atoms with Gasteiger partial charge < -0.3 is 20.6 Å². The molecule has 0 spiro atoms. The van der Waals surface area contributed by atoms with Crippen LogP contribution in [0.2, 0.25) is 0 Å². The van der Waals surface area contributed by atoms with Gasteiger partial charge in [0.05, 0.1) is 0 Å². The molecule has 108 valence electrons. The first kappa shape index (κ1) is 15.3. The molecule has 1 heterocycles. The Bertz CT molecular complexity index is 368. The van der Waals surface area contributed by atoms with Crippen LogP contribution in [-0.4, -0.2) is 53.1 Å². The molecule has 3 amide bonds. The molecule has 3 N–H and O–H groups in total. The van der Waals surface area contributed by atoms with E-state index in [0.717, 1.165) is 0 Å². The molecular weight excluding hydrogens is 250 g/mol. The molecule has 1 aliphatic rings. The molecule has 0 bridgehead atoms. The Hall–Kier alpha value is -1.79. The fraction of sp³-hybridized carbons (Fsp3) is 0.750.